The van der Waals surface area contributed by atoms with Crippen LogP contribution in [0.25, 0.3) is 0 Å². The van der Waals surface area contributed by atoms with Crippen LogP contribution >= 0.6 is 0 Å². The van der Waals surface area contributed by atoms with Crippen molar-refractivity contribution < 1.29 is 13.5 Å². The number of rotatable bonds is 4. The molecule has 0 N–H and O–H groups in total. The molecule has 0 bridgehead atoms. The first-order valence-electron chi connectivity index (χ1n) is 5.84. The van der Waals surface area contributed by atoms with Crippen LogP contribution in [0.5, 0.6) is 5.75 Å². The lowest BCUT2D eigenvalue weighted by molar-refractivity contribution is 0.305. The normalized spacial score (nSPS) is 10.4. The van der Waals surface area contributed by atoms with E-state index in [2.05, 4.69) is 6.92 Å². The van der Waals surface area contributed by atoms with Crippen LogP contribution in [0.3, 0.4) is 0 Å². The molecule has 2 aromatic carbocycles. The van der Waals surface area contributed by atoms with Crippen LogP contribution in [0.1, 0.15) is 18.1 Å². The van der Waals surface area contributed by atoms with Crippen molar-refractivity contribution in [3.63, 3.8) is 0 Å². The minimum Gasteiger partial charge on any atom is -0.489 e. The first kappa shape index (κ1) is 12.6. The molecule has 0 saturated carbocycles. The van der Waals surface area contributed by atoms with Crippen molar-refractivity contribution in [2.75, 3.05) is 0 Å². The third-order valence-electron chi connectivity index (χ3n) is 2.72. The molecule has 0 fully saturated rings. The van der Waals surface area contributed by atoms with Gasteiger partial charge >= 0.3 is 0 Å². The Morgan fingerprint density at radius 2 is 1.56 bits per heavy atom. The maximum absolute atomic E-state index is 13.0. The van der Waals surface area contributed by atoms with E-state index < -0.39 is 11.6 Å². The van der Waals surface area contributed by atoms with Crippen LogP contribution in [0.2, 0.25) is 0 Å². The maximum Gasteiger partial charge on any atom is 0.159 e. The fraction of sp³-hybridized carbons (Fsp3) is 0.200. The Hall–Kier alpha value is -1.90. The van der Waals surface area contributed by atoms with Crippen molar-refractivity contribution in [1.82, 2.24) is 0 Å². The van der Waals surface area contributed by atoms with Crippen LogP contribution in [-0.2, 0) is 13.0 Å². The van der Waals surface area contributed by atoms with Gasteiger partial charge in [-0.2, -0.15) is 0 Å². The summed E-state index contributed by atoms with van der Waals surface area (Å²) in [5.41, 5.74) is 1.84. The van der Waals surface area contributed by atoms with Gasteiger partial charge in [-0.3, -0.25) is 0 Å². The van der Waals surface area contributed by atoms with Crippen molar-refractivity contribution in [3.05, 3.63) is 65.2 Å². The molecule has 0 saturated heterocycles. The first-order chi connectivity index (χ1) is 8.69. The molecule has 94 valence electrons. The third-order valence-corrected chi connectivity index (χ3v) is 2.72. The molecule has 0 radical (unpaired) electrons. The molecule has 0 aromatic heterocycles. The van der Waals surface area contributed by atoms with Gasteiger partial charge in [0.2, 0.25) is 0 Å². The van der Waals surface area contributed by atoms with E-state index in [-0.39, 0.29) is 6.61 Å². The number of halogens is 2. The van der Waals surface area contributed by atoms with Gasteiger partial charge in [0, 0.05) is 0 Å². The molecular weight excluding hydrogens is 234 g/mol. The average molecular weight is 248 g/mol. The van der Waals surface area contributed by atoms with Gasteiger partial charge in [-0.15, -0.1) is 0 Å². The standard InChI is InChI=1S/C15H14F2O/c1-2-11-3-6-13(7-4-11)18-10-12-5-8-14(16)15(17)9-12/h3-9H,2,10H2,1H3. The highest BCUT2D eigenvalue weighted by molar-refractivity contribution is 5.27. The second-order valence-corrected chi connectivity index (χ2v) is 4.03. The Morgan fingerprint density at radius 1 is 0.889 bits per heavy atom. The predicted molar refractivity (Wildman–Crippen MR) is 66.5 cm³/mol. The molecule has 0 heterocycles. The summed E-state index contributed by atoms with van der Waals surface area (Å²) in [5, 5.41) is 0. The lowest BCUT2D eigenvalue weighted by Crippen LogP contribution is -1.97. The van der Waals surface area contributed by atoms with Gasteiger partial charge < -0.3 is 4.74 Å². The highest BCUT2D eigenvalue weighted by atomic mass is 19.2. The van der Waals surface area contributed by atoms with Crippen molar-refractivity contribution in [1.29, 1.82) is 0 Å². The number of benzene rings is 2. The van der Waals surface area contributed by atoms with Crippen LogP contribution in [-0.4, -0.2) is 0 Å². The molecule has 0 aliphatic heterocycles. The summed E-state index contributed by atoms with van der Waals surface area (Å²) in [4.78, 5) is 0. The third kappa shape index (κ3) is 3.06. The number of ether oxygens (including phenoxy) is 1. The Labute approximate surface area is 105 Å². The summed E-state index contributed by atoms with van der Waals surface area (Å²) < 4.78 is 31.2. The maximum atomic E-state index is 13.0. The molecule has 2 aromatic rings. The minimum atomic E-state index is -0.850. The summed E-state index contributed by atoms with van der Waals surface area (Å²) in [6.45, 7) is 2.31. The van der Waals surface area contributed by atoms with E-state index in [1.54, 1.807) is 0 Å². The van der Waals surface area contributed by atoms with E-state index in [0.29, 0.717) is 5.56 Å². The summed E-state index contributed by atoms with van der Waals surface area (Å²) in [5.74, 6) is -0.972. The number of hydrogen-bond donors (Lipinski definition) is 0. The van der Waals surface area contributed by atoms with Gasteiger partial charge in [-0.25, -0.2) is 8.78 Å². The highest BCUT2D eigenvalue weighted by Crippen LogP contribution is 2.15. The van der Waals surface area contributed by atoms with Crippen molar-refractivity contribution in [2.45, 2.75) is 20.0 Å². The second-order valence-electron chi connectivity index (χ2n) is 4.03. The van der Waals surface area contributed by atoms with E-state index in [1.165, 1.54) is 11.6 Å². The van der Waals surface area contributed by atoms with Crippen LogP contribution in [0, 0.1) is 11.6 Å². The smallest absolute Gasteiger partial charge is 0.159 e. The largest absolute Gasteiger partial charge is 0.489 e. The fourth-order valence-corrected chi connectivity index (χ4v) is 1.62. The predicted octanol–water partition coefficient (Wildman–Crippen LogP) is 4.11. The molecule has 3 heteroatoms. The molecule has 0 spiro atoms. The lowest BCUT2D eigenvalue weighted by atomic mass is 10.2. The van der Waals surface area contributed by atoms with Crippen molar-refractivity contribution in [2.24, 2.45) is 0 Å². The summed E-state index contributed by atoms with van der Waals surface area (Å²) in [6, 6.07) is 11.5. The molecule has 1 nitrogen and oxygen atoms in total. The van der Waals surface area contributed by atoms with E-state index in [4.69, 9.17) is 4.74 Å². The monoisotopic (exact) mass is 248 g/mol. The molecule has 0 unspecified atom stereocenters. The number of aryl methyl sites for hydroxylation is 1. The summed E-state index contributed by atoms with van der Waals surface area (Å²) >= 11 is 0. The van der Waals surface area contributed by atoms with Gasteiger partial charge in [0.1, 0.15) is 12.4 Å². The molecule has 0 amide bonds. The van der Waals surface area contributed by atoms with Gasteiger partial charge in [-0.05, 0) is 41.8 Å². The average Bonchev–Trinajstić information content (AvgIpc) is 2.41. The van der Waals surface area contributed by atoms with Crippen LogP contribution in [0.15, 0.2) is 42.5 Å². The zero-order valence-corrected chi connectivity index (χ0v) is 10.1. The van der Waals surface area contributed by atoms with Crippen LogP contribution < -0.4 is 4.74 Å². The topological polar surface area (TPSA) is 9.23 Å². The van der Waals surface area contributed by atoms with Gasteiger partial charge in [0.25, 0.3) is 0 Å². The molecule has 18 heavy (non-hydrogen) atoms. The molecule has 0 atom stereocenters. The van der Waals surface area contributed by atoms with E-state index >= 15 is 0 Å². The SMILES string of the molecule is CCc1ccc(OCc2ccc(F)c(F)c2)cc1. The van der Waals surface area contributed by atoms with E-state index in [1.807, 2.05) is 24.3 Å². The molecular formula is C15H14F2O. The fourth-order valence-electron chi connectivity index (χ4n) is 1.62. The number of hydrogen-bond acceptors (Lipinski definition) is 1. The first-order valence-corrected chi connectivity index (χ1v) is 5.84. The quantitative estimate of drug-likeness (QED) is 0.791. The summed E-state index contributed by atoms with van der Waals surface area (Å²) in [6.07, 6.45) is 0.976. The zero-order valence-electron chi connectivity index (χ0n) is 10.1. The highest BCUT2D eigenvalue weighted by Gasteiger charge is 2.03. The Bertz CT molecular complexity index is 521. The van der Waals surface area contributed by atoms with Gasteiger partial charge in [-0.1, -0.05) is 25.1 Å². The Kier molecular flexibility index (Phi) is 3.92. The minimum absolute atomic E-state index is 0.225. The van der Waals surface area contributed by atoms with Crippen molar-refractivity contribution >= 4 is 0 Å². The Balaban J connectivity index is 1.99. The lowest BCUT2D eigenvalue weighted by Gasteiger charge is -2.07. The van der Waals surface area contributed by atoms with Gasteiger partial charge in [0.15, 0.2) is 11.6 Å². The van der Waals surface area contributed by atoms with E-state index in [9.17, 15) is 8.78 Å². The second kappa shape index (κ2) is 5.63. The molecule has 0 aliphatic rings. The van der Waals surface area contributed by atoms with Crippen molar-refractivity contribution in [3.8, 4) is 5.75 Å². The van der Waals surface area contributed by atoms with Crippen LogP contribution in [0.4, 0.5) is 8.78 Å². The zero-order chi connectivity index (χ0) is 13.0. The molecule has 2 rings (SSSR count). The van der Waals surface area contributed by atoms with Gasteiger partial charge in [0.05, 0.1) is 0 Å². The Morgan fingerprint density at radius 3 is 2.17 bits per heavy atom. The summed E-state index contributed by atoms with van der Waals surface area (Å²) in [7, 11) is 0. The molecule has 0 aliphatic carbocycles. The van der Waals surface area contributed by atoms with E-state index in [0.717, 1.165) is 24.3 Å².